The molecule has 4 N–H and O–H groups in total. The summed E-state index contributed by atoms with van der Waals surface area (Å²) in [7, 11) is -2.93. The lowest BCUT2D eigenvalue weighted by atomic mass is 10.1. The Morgan fingerprint density at radius 1 is 0.973 bits per heavy atom. The van der Waals surface area contributed by atoms with E-state index in [1.54, 1.807) is 12.1 Å². The number of carbonyl (C=O) groups excluding carboxylic acids is 2. The molecule has 5 rings (SSSR count). The van der Waals surface area contributed by atoms with Crippen LogP contribution in [-0.4, -0.2) is 54.7 Å². The standard InChI is InChI=1S/C26H25N5O4S2/c27-23(32)22-25(36-26(29-22)28-21-10-9-18-3-1-2-4-20(18)15-21)30-24(33)19-7-5-17(6-8-19)16-31-11-13-37(34,35)14-12-31/h1-10,15H,11-14,16H2,(H2,27,32)(H,28,29)(H,30,33). The predicted octanol–water partition coefficient (Wildman–Crippen LogP) is 3.62. The zero-order valence-electron chi connectivity index (χ0n) is 19.8. The van der Waals surface area contributed by atoms with E-state index in [2.05, 4.69) is 20.5 Å². The van der Waals surface area contributed by atoms with Crippen LogP contribution in [-0.2, 0) is 16.4 Å². The summed E-state index contributed by atoms with van der Waals surface area (Å²) >= 11 is 1.13. The fourth-order valence-electron chi connectivity index (χ4n) is 4.12. The van der Waals surface area contributed by atoms with Gasteiger partial charge in [0, 0.05) is 30.9 Å². The highest BCUT2D eigenvalue weighted by Gasteiger charge is 2.22. The summed E-state index contributed by atoms with van der Waals surface area (Å²) in [5.74, 6) is -0.791. The molecule has 0 spiro atoms. The summed E-state index contributed by atoms with van der Waals surface area (Å²) in [6, 6.07) is 20.9. The summed E-state index contributed by atoms with van der Waals surface area (Å²) in [5.41, 5.74) is 7.69. The number of anilines is 3. The van der Waals surface area contributed by atoms with Crippen LogP contribution in [0.2, 0.25) is 0 Å². The molecule has 0 radical (unpaired) electrons. The zero-order chi connectivity index (χ0) is 26.0. The molecule has 0 atom stereocenters. The van der Waals surface area contributed by atoms with Gasteiger partial charge in [0.15, 0.2) is 20.7 Å². The smallest absolute Gasteiger partial charge is 0.270 e. The number of carbonyl (C=O) groups is 2. The van der Waals surface area contributed by atoms with Crippen molar-refractivity contribution in [2.75, 3.05) is 35.2 Å². The van der Waals surface area contributed by atoms with Crippen molar-refractivity contribution in [3.05, 3.63) is 83.6 Å². The topological polar surface area (TPSA) is 134 Å². The van der Waals surface area contributed by atoms with Gasteiger partial charge in [-0.3, -0.25) is 14.5 Å². The van der Waals surface area contributed by atoms with Crippen LogP contribution in [0.15, 0.2) is 66.7 Å². The molecule has 1 aliphatic rings. The lowest BCUT2D eigenvalue weighted by Gasteiger charge is -2.26. The third kappa shape index (κ3) is 5.96. The third-order valence-electron chi connectivity index (χ3n) is 6.15. The van der Waals surface area contributed by atoms with Crippen LogP contribution in [0.1, 0.15) is 26.4 Å². The van der Waals surface area contributed by atoms with Gasteiger partial charge in [-0.25, -0.2) is 13.4 Å². The Labute approximate surface area is 218 Å². The Bertz CT molecular complexity index is 1570. The first-order valence-corrected chi connectivity index (χ1v) is 14.3. The molecule has 0 bridgehead atoms. The first-order chi connectivity index (χ1) is 17.8. The van der Waals surface area contributed by atoms with Crippen LogP contribution in [0, 0.1) is 0 Å². The van der Waals surface area contributed by atoms with Crippen molar-refractivity contribution in [3.63, 3.8) is 0 Å². The zero-order valence-corrected chi connectivity index (χ0v) is 21.4. The van der Waals surface area contributed by atoms with E-state index in [9.17, 15) is 18.0 Å². The van der Waals surface area contributed by atoms with Gasteiger partial charge in [-0.1, -0.05) is 53.8 Å². The molecule has 3 aromatic carbocycles. The summed E-state index contributed by atoms with van der Waals surface area (Å²) in [4.78, 5) is 31.3. The number of benzene rings is 3. The SMILES string of the molecule is NC(=O)c1nc(Nc2ccc3ccccc3c2)sc1NC(=O)c1ccc(CN2CCS(=O)(=O)CC2)cc1. The number of rotatable bonds is 7. The molecule has 0 aliphatic carbocycles. The fourth-order valence-corrected chi connectivity index (χ4v) is 6.28. The largest absolute Gasteiger partial charge is 0.364 e. The number of aromatic nitrogens is 1. The lowest BCUT2D eigenvalue weighted by Crippen LogP contribution is -2.39. The van der Waals surface area contributed by atoms with E-state index < -0.39 is 15.7 Å². The maximum atomic E-state index is 12.9. The second-order valence-corrected chi connectivity index (χ2v) is 12.1. The van der Waals surface area contributed by atoms with Crippen molar-refractivity contribution in [2.45, 2.75) is 6.54 Å². The average Bonchev–Trinajstić information content (AvgIpc) is 3.28. The highest BCUT2D eigenvalue weighted by atomic mass is 32.2. The molecule has 9 nitrogen and oxygen atoms in total. The van der Waals surface area contributed by atoms with Gasteiger partial charge in [0.05, 0.1) is 11.5 Å². The van der Waals surface area contributed by atoms with Crippen LogP contribution in [0.25, 0.3) is 10.8 Å². The second kappa shape index (κ2) is 10.3. The van der Waals surface area contributed by atoms with E-state index in [4.69, 9.17) is 5.73 Å². The maximum Gasteiger partial charge on any atom is 0.270 e. The minimum atomic E-state index is -2.93. The number of hydrogen-bond donors (Lipinski definition) is 3. The first kappa shape index (κ1) is 24.9. The van der Waals surface area contributed by atoms with Crippen molar-refractivity contribution < 1.29 is 18.0 Å². The molecule has 0 saturated carbocycles. The molecular formula is C26H25N5O4S2. The van der Waals surface area contributed by atoms with Gasteiger partial charge in [0.1, 0.15) is 5.00 Å². The Hall–Kier alpha value is -3.80. The van der Waals surface area contributed by atoms with Crippen molar-refractivity contribution in [2.24, 2.45) is 5.73 Å². The molecule has 37 heavy (non-hydrogen) atoms. The second-order valence-electron chi connectivity index (χ2n) is 8.83. The van der Waals surface area contributed by atoms with Gasteiger partial charge in [0.25, 0.3) is 11.8 Å². The number of thiazole rings is 1. The minimum Gasteiger partial charge on any atom is -0.364 e. The summed E-state index contributed by atoms with van der Waals surface area (Å²) in [5, 5.41) is 8.79. The number of amides is 2. The number of sulfone groups is 1. The Balaban J connectivity index is 1.26. The van der Waals surface area contributed by atoms with E-state index in [0.717, 1.165) is 33.4 Å². The monoisotopic (exact) mass is 535 g/mol. The van der Waals surface area contributed by atoms with E-state index in [1.807, 2.05) is 54.6 Å². The number of fused-ring (bicyclic) bond motifs is 1. The highest BCUT2D eigenvalue weighted by Crippen LogP contribution is 2.32. The van der Waals surface area contributed by atoms with Crippen LogP contribution in [0.4, 0.5) is 15.8 Å². The van der Waals surface area contributed by atoms with Crippen LogP contribution < -0.4 is 16.4 Å². The summed E-state index contributed by atoms with van der Waals surface area (Å²) in [6.45, 7) is 1.62. The normalized spacial score (nSPS) is 15.4. The molecule has 1 fully saturated rings. The van der Waals surface area contributed by atoms with Crippen LogP contribution >= 0.6 is 11.3 Å². The summed E-state index contributed by atoms with van der Waals surface area (Å²) in [6.07, 6.45) is 0. The maximum absolute atomic E-state index is 12.9. The average molecular weight is 536 g/mol. The first-order valence-electron chi connectivity index (χ1n) is 11.7. The third-order valence-corrected chi connectivity index (χ3v) is 8.64. The molecule has 1 aliphatic heterocycles. The van der Waals surface area contributed by atoms with Gasteiger partial charge < -0.3 is 16.4 Å². The van der Waals surface area contributed by atoms with E-state index in [0.29, 0.717) is 30.3 Å². The molecule has 1 saturated heterocycles. The van der Waals surface area contributed by atoms with Crippen molar-refractivity contribution >= 4 is 59.6 Å². The van der Waals surface area contributed by atoms with Crippen molar-refractivity contribution in [1.29, 1.82) is 0 Å². The Morgan fingerprint density at radius 2 is 1.68 bits per heavy atom. The molecule has 2 heterocycles. The number of hydrogen-bond acceptors (Lipinski definition) is 8. The molecule has 190 valence electrons. The van der Waals surface area contributed by atoms with Gasteiger partial charge in [-0.2, -0.15) is 0 Å². The molecule has 4 aromatic rings. The number of primary amides is 1. The lowest BCUT2D eigenvalue weighted by molar-refractivity contribution is 0.0997. The molecule has 0 unspecified atom stereocenters. The van der Waals surface area contributed by atoms with Crippen molar-refractivity contribution in [3.8, 4) is 0 Å². The number of nitrogens with one attached hydrogen (secondary N) is 2. The Morgan fingerprint density at radius 3 is 2.38 bits per heavy atom. The quantitative estimate of drug-likeness (QED) is 0.329. The van der Waals surface area contributed by atoms with Crippen molar-refractivity contribution in [1.82, 2.24) is 9.88 Å². The highest BCUT2D eigenvalue weighted by molar-refractivity contribution is 7.91. The van der Waals surface area contributed by atoms with Gasteiger partial charge in [0.2, 0.25) is 0 Å². The van der Waals surface area contributed by atoms with E-state index >= 15 is 0 Å². The molecule has 2 amide bonds. The van der Waals surface area contributed by atoms with Gasteiger partial charge in [-0.15, -0.1) is 0 Å². The van der Waals surface area contributed by atoms with Gasteiger partial charge in [-0.05, 0) is 40.6 Å². The molecule has 11 heteroatoms. The van der Waals surface area contributed by atoms with E-state index in [-0.39, 0.29) is 28.1 Å². The Kier molecular flexibility index (Phi) is 6.92. The molecule has 1 aromatic heterocycles. The number of nitrogens with two attached hydrogens (primary N) is 1. The predicted molar refractivity (Wildman–Crippen MR) is 146 cm³/mol. The minimum absolute atomic E-state index is 0.0155. The van der Waals surface area contributed by atoms with Crippen LogP contribution in [0.5, 0.6) is 0 Å². The van der Waals surface area contributed by atoms with Crippen LogP contribution in [0.3, 0.4) is 0 Å². The number of nitrogens with zero attached hydrogens (tertiary/aromatic N) is 2. The molecular weight excluding hydrogens is 510 g/mol. The fraction of sp³-hybridized carbons (Fsp3) is 0.192. The van der Waals surface area contributed by atoms with E-state index in [1.165, 1.54) is 0 Å². The summed E-state index contributed by atoms with van der Waals surface area (Å²) < 4.78 is 23.2. The van der Waals surface area contributed by atoms with Gasteiger partial charge >= 0.3 is 0 Å².